The molecule has 0 atom stereocenters. The minimum atomic E-state index is -0.970. The highest BCUT2D eigenvalue weighted by Crippen LogP contribution is 2.32. The Hall–Kier alpha value is -0.620. The molecule has 0 aliphatic carbocycles. The van der Waals surface area contributed by atoms with Crippen molar-refractivity contribution in [1.82, 2.24) is 4.98 Å². The first-order chi connectivity index (χ1) is 8.49. The minimum absolute atomic E-state index is 0.0240. The average Bonchev–Trinajstić information content (AvgIpc) is 2.75. The van der Waals surface area contributed by atoms with Crippen molar-refractivity contribution in [2.45, 2.75) is 6.54 Å². The molecule has 0 radical (unpaired) electrons. The number of benzene rings is 1. The van der Waals surface area contributed by atoms with Crippen molar-refractivity contribution in [3.8, 4) is 0 Å². The molecule has 18 heavy (non-hydrogen) atoms. The van der Waals surface area contributed by atoms with Crippen molar-refractivity contribution in [2.75, 3.05) is 5.32 Å². The fourth-order valence-corrected chi connectivity index (χ4v) is 2.62. The molecule has 1 aromatic carbocycles. The van der Waals surface area contributed by atoms with Gasteiger partial charge in [0.15, 0.2) is 16.1 Å². The number of anilines is 1. The van der Waals surface area contributed by atoms with E-state index in [4.69, 9.17) is 34.8 Å². The smallest absolute Gasteiger partial charge is 0.183 e. The van der Waals surface area contributed by atoms with Gasteiger partial charge in [-0.1, -0.05) is 34.8 Å². The zero-order valence-corrected chi connectivity index (χ0v) is 11.7. The molecule has 0 aliphatic rings. The molecule has 1 heterocycles. The molecule has 0 saturated carbocycles. The molecule has 2 aromatic rings. The first-order valence-corrected chi connectivity index (χ1v) is 6.61. The Morgan fingerprint density at radius 2 is 1.94 bits per heavy atom. The Kier molecular flexibility index (Phi) is 4.27. The number of nitrogens with zero attached hydrogens (tertiary/aromatic N) is 1. The summed E-state index contributed by atoms with van der Waals surface area (Å²) >= 11 is 18.0. The van der Waals surface area contributed by atoms with E-state index in [1.807, 2.05) is 0 Å². The van der Waals surface area contributed by atoms with Crippen LogP contribution in [0, 0.1) is 11.6 Å². The van der Waals surface area contributed by atoms with Crippen molar-refractivity contribution < 1.29 is 8.78 Å². The maximum Gasteiger partial charge on any atom is 0.183 e. The van der Waals surface area contributed by atoms with E-state index in [-0.39, 0.29) is 10.7 Å². The third kappa shape index (κ3) is 2.85. The lowest BCUT2D eigenvalue weighted by Crippen LogP contribution is -2.01. The Balaban J connectivity index is 2.19. The molecular formula is C10H5Cl3F2N2S. The molecule has 0 fully saturated rings. The van der Waals surface area contributed by atoms with E-state index >= 15 is 0 Å². The summed E-state index contributed by atoms with van der Waals surface area (Å²) in [6, 6.07) is 1.14. The van der Waals surface area contributed by atoms with Gasteiger partial charge in [0.25, 0.3) is 0 Å². The van der Waals surface area contributed by atoms with Crippen LogP contribution in [0.2, 0.25) is 14.5 Å². The lowest BCUT2D eigenvalue weighted by Gasteiger charge is -2.08. The summed E-state index contributed by atoms with van der Waals surface area (Å²) in [5, 5.41) is 1.88. The van der Waals surface area contributed by atoms with Crippen LogP contribution in [-0.2, 0) is 6.54 Å². The third-order valence-electron chi connectivity index (χ3n) is 2.08. The van der Waals surface area contributed by atoms with Crippen LogP contribution >= 0.6 is 46.1 Å². The molecule has 0 unspecified atom stereocenters. The number of halogens is 5. The fourth-order valence-electron chi connectivity index (χ4n) is 1.25. The molecule has 0 bridgehead atoms. The summed E-state index contributed by atoms with van der Waals surface area (Å²) in [4.78, 5) is 4.64. The van der Waals surface area contributed by atoms with Crippen LogP contribution in [0.3, 0.4) is 0 Å². The summed E-state index contributed by atoms with van der Waals surface area (Å²) < 4.78 is 27.2. The molecule has 0 amide bonds. The number of hydrogen-bond acceptors (Lipinski definition) is 3. The Bertz CT molecular complexity index is 589. The summed E-state index contributed by atoms with van der Waals surface area (Å²) in [7, 11) is 0. The molecule has 1 N–H and O–H groups in total. The van der Waals surface area contributed by atoms with E-state index in [1.54, 1.807) is 6.20 Å². The molecule has 0 spiro atoms. The van der Waals surface area contributed by atoms with Gasteiger partial charge in [-0.25, -0.2) is 13.8 Å². The summed E-state index contributed by atoms with van der Waals surface area (Å²) in [5.41, 5.74) is 0.0240. The molecule has 2 rings (SSSR count). The van der Waals surface area contributed by atoms with Gasteiger partial charge < -0.3 is 5.32 Å². The Morgan fingerprint density at radius 1 is 1.22 bits per heavy atom. The zero-order valence-electron chi connectivity index (χ0n) is 8.61. The third-order valence-corrected chi connectivity index (χ3v) is 3.80. The van der Waals surface area contributed by atoms with Gasteiger partial charge >= 0.3 is 0 Å². The van der Waals surface area contributed by atoms with Gasteiger partial charge in [-0.3, -0.25) is 0 Å². The fraction of sp³-hybridized carbons (Fsp3) is 0.100. The first kappa shape index (κ1) is 13.8. The van der Waals surface area contributed by atoms with Crippen LogP contribution in [0.4, 0.5) is 14.5 Å². The number of hydrogen-bond donors (Lipinski definition) is 1. The zero-order chi connectivity index (χ0) is 13.3. The van der Waals surface area contributed by atoms with Gasteiger partial charge in [-0.2, -0.15) is 0 Å². The van der Waals surface area contributed by atoms with Crippen LogP contribution in [-0.4, -0.2) is 4.98 Å². The highest BCUT2D eigenvalue weighted by molar-refractivity contribution is 7.15. The van der Waals surface area contributed by atoms with Crippen LogP contribution in [0.15, 0.2) is 12.3 Å². The van der Waals surface area contributed by atoms with Crippen molar-refractivity contribution in [2.24, 2.45) is 0 Å². The van der Waals surface area contributed by atoms with Gasteiger partial charge in [0.1, 0.15) is 5.02 Å². The predicted molar refractivity (Wildman–Crippen MR) is 70.8 cm³/mol. The highest BCUT2D eigenvalue weighted by Gasteiger charge is 2.16. The number of aromatic nitrogens is 1. The maximum atomic E-state index is 13.6. The number of nitrogens with one attached hydrogen (secondary N) is 1. The topological polar surface area (TPSA) is 24.9 Å². The number of thiazole rings is 1. The van der Waals surface area contributed by atoms with Crippen molar-refractivity contribution in [3.05, 3.63) is 43.3 Å². The van der Waals surface area contributed by atoms with Gasteiger partial charge in [-0.15, -0.1) is 11.3 Å². The van der Waals surface area contributed by atoms with Crippen LogP contribution in [0.5, 0.6) is 0 Å². The van der Waals surface area contributed by atoms with E-state index < -0.39 is 16.7 Å². The Labute approximate surface area is 121 Å². The largest absolute Gasteiger partial charge is 0.378 e. The molecule has 0 saturated heterocycles. The van der Waals surface area contributed by atoms with Crippen LogP contribution in [0.1, 0.15) is 4.88 Å². The van der Waals surface area contributed by atoms with E-state index in [1.165, 1.54) is 11.3 Å². The van der Waals surface area contributed by atoms with Crippen LogP contribution in [0.25, 0.3) is 0 Å². The quantitative estimate of drug-likeness (QED) is 0.633. The van der Waals surface area contributed by atoms with E-state index in [0.29, 0.717) is 11.0 Å². The molecule has 96 valence electrons. The van der Waals surface area contributed by atoms with Gasteiger partial charge in [0, 0.05) is 11.1 Å². The second-order valence-electron chi connectivity index (χ2n) is 3.28. The molecule has 2 nitrogen and oxygen atoms in total. The maximum absolute atomic E-state index is 13.6. The van der Waals surface area contributed by atoms with Crippen LogP contribution < -0.4 is 5.32 Å². The van der Waals surface area contributed by atoms with E-state index in [0.717, 1.165) is 10.9 Å². The molecule has 0 aliphatic heterocycles. The van der Waals surface area contributed by atoms with E-state index in [2.05, 4.69) is 10.3 Å². The van der Waals surface area contributed by atoms with E-state index in [9.17, 15) is 8.78 Å². The second kappa shape index (κ2) is 5.57. The molecular weight excluding hydrogens is 325 g/mol. The summed E-state index contributed by atoms with van der Waals surface area (Å²) in [6.45, 7) is 0.291. The highest BCUT2D eigenvalue weighted by atomic mass is 35.5. The normalized spacial score (nSPS) is 10.7. The van der Waals surface area contributed by atoms with Crippen molar-refractivity contribution in [1.29, 1.82) is 0 Å². The lowest BCUT2D eigenvalue weighted by atomic mass is 10.3. The van der Waals surface area contributed by atoms with Gasteiger partial charge in [-0.05, 0) is 6.07 Å². The molecule has 1 aromatic heterocycles. The lowest BCUT2D eigenvalue weighted by molar-refractivity contribution is 0.586. The van der Waals surface area contributed by atoms with Gasteiger partial charge in [0.05, 0.1) is 17.3 Å². The monoisotopic (exact) mass is 328 g/mol. The standard InChI is InChI=1S/C10H5Cl3F2N2S/c11-5-1-6(9(15)7(12)8(5)14)16-2-4-3-17-10(13)18-4/h1,3,16H,2H2. The SMILES string of the molecule is Fc1c(Cl)cc(NCc2cnc(Cl)s2)c(F)c1Cl. The van der Waals surface area contributed by atoms with Crippen molar-refractivity contribution >= 4 is 51.8 Å². The predicted octanol–water partition coefficient (Wildman–Crippen LogP) is 4.99. The summed E-state index contributed by atoms with van der Waals surface area (Å²) in [5.74, 6) is -1.85. The second-order valence-corrected chi connectivity index (χ2v) is 5.76. The van der Waals surface area contributed by atoms with Crippen molar-refractivity contribution in [3.63, 3.8) is 0 Å². The summed E-state index contributed by atoms with van der Waals surface area (Å²) in [6.07, 6.45) is 1.56. The van der Waals surface area contributed by atoms with Gasteiger partial charge in [0.2, 0.25) is 0 Å². The minimum Gasteiger partial charge on any atom is -0.378 e. The average molecular weight is 330 g/mol. The first-order valence-electron chi connectivity index (χ1n) is 4.66. The number of rotatable bonds is 3. The Morgan fingerprint density at radius 3 is 2.56 bits per heavy atom. The molecule has 8 heteroatoms.